The molecule has 1 atom stereocenters. The normalized spacial score (nSPS) is 12.4. The van der Waals surface area contributed by atoms with Gasteiger partial charge < -0.3 is 5.32 Å². The Kier molecular flexibility index (Phi) is 5.73. The van der Waals surface area contributed by atoms with Crippen molar-refractivity contribution in [2.45, 2.75) is 19.4 Å². The molecule has 1 unspecified atom stereocenters. The number of benzene rings is 2. The van der Waals surface area contributed by atoms with Crippen molar-refractivity contribution < 1.29 is 8.78 Å². The fourth-order valence-electron chi connectivity index (χ4n) is 2.13. The standard InChI is InChI=1S/C16H15BrClF2N/c1-2-8-21-16(10-6-7-14(19)13(18)9-10)11-4-3-5-12(17)15(11)20/h3-7,9,16,21H,2,8H2,1H3. The molecular formula is C16H15BrClF2N. The maximum atomic E-state index is 14.4. The lowest BCUT2D eigenvalue weighted by molar-refractivity contribution is 0.542. The highest BCUT2D eigenvalue weighted by Gasteiger charge is 2.19. The highest BCUT2D eigenvalue weighted by molar-refractivity contribution is 9.10. The molecule has 0 radical (unpaired) electrons. The third-order valence-corrected chi connectivity index (χ3v) is 4.07. The van der Waals surface area contributed by atoms with Crippen molar-refractivity contribution in [3.05, 3.63) is 68.7 Å². The van der Waals surface area contributed by atoms with Crippen LogP contribution in [-0.4, -0.2) is 6.54 Å². The van der Waals surface area contributed by atoms with Crippen LogP contribution in [0.1, 0.15) is 30.5 Å². The Morgan fingerprint density at radius 1 is 1.24 bits per heavy atom. The van der Waals surface area contributed by atoms with Gasteiger partial charge in [0.15, 0.2) is 0 Å². The summed E-state index contributed by atoms with van der Waals surface area (Å²) in [7, 11) is 0. The maximum Gasteiger partial charge on any atom is 0.142 e. The molecule has 0 spiro atoms. The van der Waals surface area contributed by atoms with Gasteiger partial charge in [-0.1, -0.05) is 36.7 Å². The van der Waals surface area contributed by atoms with Crippen molar-refractivity contribution in [1.82, 2.24) is 5.32 Å². The minimum Gasteiger partial charge on any atom is -0.306 e. The molecule has 0 aliphatic rings. The molecule has 0 bridgehead atoms. The minimum absolute atomic E-state index is 0.0335. The number of nitrogens with one attached hydrogen (secondary N) is 1. The van der Waals surface area contributed by atoms with Crippen molar-refractivity contribution in [3.8, 4) is 0 Å². The van der Waals surface area contributed by atoms with Gasteiger partial charge in [-0.3, -0.25) is 0 Å². The molecule has 0 fully saturated rings. The summed E-state index contributed by atoms with van der Waals surface area (Å²) in [4.78, 5) is 0. The van der Waals surface area contributed by atoms with Crippen LogP contribution in [0.15, 0.2) is 40.9 Å². The van der Waals surface area contributed by atoms with E-state index in [4.69, 9.17) is 11.6 Å². The summed E-state index contributed by atoms with van der Waals surface area (Å²) in [5.74, 6) is -0.809. The number of halogens is 4. The van der Waals surface area contributed by atoms with Gasteiger partial charge in [-0.25, -0.2) is 8.78 Å². The van der Waals surface area contributed by atoms with Crippen LogP contribution in [-0.2, 0) is 0 Å². The summed E-state index contributed by atoms with van der Waals surface area (Å²) in [6, 6.07) is 9.21. The third kappa shape index (κ3) is 3.82. The van der Waals surface area contributed by atoms with Gasteiger partial charge in [-0.2, -0.15) is 0 Å². The van der Waals surface area contributed by atoms with Gasteiger partial charge in [0.2, 0.25) is 0 Å². The fourth-order valence-corrected chi connectivity index (χ4v) is 2.70. The quantitative estimate of drug-likeness (QED) is 0.732. The van der Waals surface area contributed by atoms with Crippen LogP contribution in [0.2, 0.25) is 5.02 Å². The average Bonchev–Trinajstić information content (AvgIpc) is 2.47. The van der Waals surface area contributed by atoms with Crippen molar-refractivity contribution in [1.29, 1.82) is 0 Å². The Balaban J connectivity index is 2.47. The Labute approximate surface area is 136 Å². The topological polar surface area (TPSA) is 12.0 Å². The van der Waals surface area contributed by atoms with Crippen LogP contribution in [0.5, 0.6) is 0 Å². The lowest BCUT2D eigenvalue weighted by Crippen LogP contribution is -2.24. The van der Waals surface area contributed by atoms with E-state index in [1.807, 2.05) is 6.92 Å². The van der Waals surface area contributed by atoms with Gasteiger partial charge in [-0.05, 0) is 52.7 Å². The van der Waals surface area contributed by atoms with Gasteiger partial charge in [-0.15, -0.1) is 0 Å². The van der Waals surface area contributed by atoms with E-state index in [1.165, 1.54) is 12.1 Å². The van der Waals surface area contributed by atoms with Crippen LogP contribution < -0.4 is 5.32 Å². The Morgan fingerprint density at radius 2 is 2.00 bits per heavy atom. The molecule has 2 aromatic carbocycles. The molecular weight excluding hydrogens is 360 g/mol. The lowest BCUT2D eigenvalue weighted by Gasteiger charge is -2.21. The molecule has 2 rings (SSSR count). The van der Waals surface area contributed by atoms with Crippen LogP contribution in [0.3, 0.4) is 0 Å². The first kappa shape index (κ1) is 16.4. The molecule has 21 heavy (non-hydrogen) atoms. The molecule has 0 heterocycles. The average molecular weight is 375 g/mol. The first-order valence-corrected chi connectivity index (χ1v) is 7.84. The SMILES string of the molecule is CCCNC(c1ccc(F)c(Cl)c1)c1cccc(Br)c1F. The first-order chi connectivity index (χ1) is 10.0. The van der Waals surface area contributed by atoms with Crippen LogP contribution in [0, 0.1) is 11.6 Å². The first-order valence-electron chi connectivity index (χ1n) is 6.66. The van der Waals surface area contributed by atoms with Gasteiger partial charge in [0.1, 0.15) is 11.6 Å². The highest BCUT2D eigenvalue weighted by Crippen LogP contribution is 2.30. The zero-order valence-corrected chi connectivity index (χ0v) is 13.8. The summed E-state index contributed by atoms with van der Waals surface area (Å²) in [5, 5.41) is 3.31. The molecule has 0 aromatic heterocycles. The minimum atomic E-state index is -0.482. The molecule has 0 aliphatic carbocycles. The molecule has 0 aliphatic heterocycles. The maximum absolute atomic E-state index is 14.4. The predicted octanol–water partition coefficient (Wildman–Crippen LogP) is 5.47. The van der Waals surface area contributed by atoms with Crippen molar-refractivity contribution >= 4 is 27.5 Å². The van der Waals surface area contributed by atoms with Gasteiger partial charge in [0, 0.05) is 5.56 Å². The Bertz CT molecular complexity index is 634. The lowest BCUT2D eigenvalue weighted by atomic mass is 9.98. The van der Waals surface area contributed by atoms with Gasteiger partial charge in [0.05, 0.1) is 15.5 Å². The highest BCUT2D eigenvalue weighted by atomic mass is 79.9. The van der Waals surface area contributed by atoms with E-state index in [-0.39, 0.29) is 16.9 Å². The Morgan fingerprint density at radius 3 is 2.67 bits per heavy atom. The van der Waals surface area contributed by atoms with E-state index in [9.17, 15) is 8.78 Å². The molecule has 0 saturated heterocycles. The predicted molar refractivity (Wildman–Crippen MR) is 85.6 cm³/mol. The van der Waals surface area contributed by atoms with Crippen LogP contribution in [0.4, 0.5) is 8.78 Å². The second-order valence-corrected chi connectivity index (χ2v) is 5.97. The van der Waals surface area contributed by atoms with E-state index in [0.29, 0.717) is 16.6 Å². The largest absolute Gasteiger partial charge is 0.306 e. The van der Waals surface area contributed by atoms with E-state index in [1.54, 1.807) is 24.3 Å². The van der Waals surface area contributed by atoms with Gasteiger partial charge >= 0.3 is 0 Å². The summed E-state index contributed by atoms with van der Waals surface area (Å²) in [6.45, 7) is 2.74. The van der Waals surface area contributed by atoms with E-state index in [0.717, 1.165) is 12.0 Å². The zero-order chi connectivity index (χ0) is 15.4. The monoisotopic (exact) mass is 373 g/mol. The van der Waals surface area contributed by atoms with Crippen molar-refractivity contribution in [2.24, 2.45) is 0 Å². The second-order valence-electron chi connectivity index (χ2n) is 4.70. The molecule has 0 amide bonds. The molecule has 0 saturated carbocycles. The summed E-state index contributed by atoms with van der Waals surface area (Å²) in [5.41, 5.74) is 1.23. The summed E-state index contributed by atoms with van der Waals surface area (Å²) in [6.07, 6.45) is 0.904. The number of hydrogen-bond acceptors (Lipinski definition) is 1. The van der Waals surface area contributed by atoms with Crippen LogP contribution >= 0.6 is 27.5 Å². The smallest absolute Gasteiger partial charge is 0.142 e. The van der Waals surface area contributed by atoms with Crippen molar-refractivity contribution in [3.63, 3.8) is 0 Å². The van der Waals surface area contributed by atoms with Crippen LogP contribution in [0.25, 0.3) is 0 Å². The van der Waals surface area contributed by atoms with Crippen molar-refractivity contribution in [2.75, 3.05) is 6.54 Å². The third-order valence-electron chi connectivity index (χ3n) is 3.17. The summed E-state index contributed by atoms with van der Waals surface area (Å²) >= 11 is 9.04. The molecule has 5 heteroatoms. The number of hydrogen-bond donors (Lipinski definition) is 1. The zero-order valence-electron chi connectivity index (χ0n) is 11.5. The molecule has 2 aromatic rings. The van der Waals surface area contributed by atoms with E-state index >= 15 is 0 Å². The van der Waals surface area contributed by atoms with E-state index < -0.39 is 5.82 Å². The Hall–Kier alpha value is -0.970. The molecule has 112 valence electrons. The molecule has 1 nitrogen and oxygen atoms in total. The summed E-state index contributed by atoms with van der Waals surface area (Å²) < 4.78 is 28.1. The fraction of sp³-hybridized carbons (Fsp3) is 0.250. The second kappa shape index (κ2) is 7.34. The van der Waals surface area contributed by atoms with Gasteiger partial charge in [0.25, 0.3) is 0 Å². The van der Waals surface area contributed by atoms with E-state index in [2.05, 4.69) is 21.2 Å². The molecule has 1 N–H and O–H groups in total. The number of rotatable bonds is 5.